The van der Waals surface area contributed by atoms with Gasteiger partial charge in [0.05, 0.1) is 16.9 Å². The molecule has 138 valence electrons. The molecule has 3 N–H and O–H groups in total. The van der Waals surface area contributed by atoms with E-state index in [-0.39, 0.29) is 0 Å². The molecule has 0 aliphatic heterocycles. The summed E-state index contributed by atoms with van der Waals surface area (Å²) in [6.07, 6.45) is 7.00. The minimum atomic E-state index is -0.515. The van der Waals surface area contributed by atoms with Crippen molar-refractivity contribution >= 4 is 17.3 Å². The zero-order valence-electron chi connectivity index (χ0n) is 15.4. The molecular weight excluding hydrogens is 340 g/mol. The number of nitrogens with one attached hydrogen (secondary N) is 1. The number of pyridine rings is 1. The molecule has 0 atom stereocenters. The van der Waals surface area contributed by atoms with Gasteiger partial charge in [-0.15, -0.1) is 0 Å². The Bertz CT molecular complexity index is 910. The maximum atomic E-state index is 11.7. The Balaban J connectivity index is 1.77. The second kappa shape index (κ2) is 8.27. The number of aromatic nitrogens is 3. The summed E-state index contributed by atoms with van der Waals surface area (Å²) in [6.45, 7) is 0.572. The van der Waals surface area contributed by atoms with E-state index in [4.69, 9.17) is 5.73 Å². The molecule has 7 heteroatoms. The second-order valence-corrected chi connectivity index (χ2v) is 6.37. The first-order chi connectivity index (χ1) is 13.0. The summed E-state index contributed by atoms with van der Waals surface area (Å²) in [6, 6.07) is 10.0. The van der Waals surface area contributed by atoms with Gasteiger partial charge in [-0.25, -0.2) is 0 Å². The average molecular weight is 362 g/mol. The molecule has 0 saturated heterocycles. The number of anilines is 2. The molecule has 0 aliphatic rings. The van der Waals surface area contributed by atoms with Gasteiger partial charge < -0.3 is 16.0 Å². The van der Waals surface area contributed by atoms with Gasteiger partial charge in [-0.3, -0.25) is 19.7 Å². The number of hydrogen-bond acceptors (Lipinski definition) is 6. The van der Waals surface area contributed by atoms with Crippen LogP contribution in [-0.2, 0) is 13.0 Å². The molecule has 2 heterocycles. The van der Waals surface area contributed by atoms with E-state index in [9.17, 15) is 4.79 Å². The molecule has 3 rings (SSSR count). The third-order valence-electron chi connectivity index (χ3n) is 4.14. The monoisotopic (exact) mass is 362 g/mol. The van der Waals surface area contributed by atoms with Crippen LogP contribution in [0, 0.1) is 0 Å². The lowest BCUT2D eigenvalue weighted by molar-refractivity contribution is 0.100. The van der Waals surface area contributed by atoms with Crippen molar-refractivity contribution in [1.29, 1.82) is 0 Å². The number of nitrogens with two attached hydrogens (primary N) is 1. The predicted molar refractivity (Wildman–Crippen MR) is 106 cm³/mol. The lowest BCUT2D eigenvalue weighted by atomic mass is 10.1. The van der Waals surface area contributed by atoms with Gasteiger partial charge in [-0.1, -0.05) is 12.1 Å². The third kappa shape index (κ3) is 4.78. The Kier molecular flexibility index (Phi) is 5.61. The molecule has 7 nitrogen and oxygen atoms in total. The number of hydrogen-bond donors (Lipinski definition) is 2. The maximum absolute atomic E-state index is 11.7. The van der Waals surface area contributed by atoms with E-state index in [0.29, 0.717) is 24.2 Å². The first-order valence-corrected chi connectivity index (χ1v) is 8.56. The molecule has 0 unspecified atom stereocenters. The molecule has 0 spiro atoms. The average Bonchev–Trinajstić information content (AvgIpc) is 2.67. The Hall–Kier alpha value is -3.48. The summed E-state index contributed by atoms with van der Waals surface area (Å²) in [5, 5.41) is 3.30. The van der Waals surface area contributed by atoms with E-state index in [1.54, 1.807) is 18.6 Å². The van der Waals surface area contributed by atoms with Crippen molar-refractivity contribution in [3.05, 3.63) is 77.6 Å². The fourth-order valence-corrected chi connectivity index (χ4v) is 2.65. The fourth-order valence-electron chi connectivity index (χ4n) is 2.65. The van der Waals surface area contributed by atoms with Crippen molar-refractivity contribution < 1.29 is 4.79 Å². The van der Waals surface area contributed by atoms with Crippen LogP contribution in [0.3, 0.4) is 0 Å². The van der Waals surface area contributed by atoms with Crippen LogP contribution in [0.2, 0.25) is 0 Å². The van der Waals surface area contributed by atoms with Crippen molar-refractivity contribution in [2.24, 2.45) is 5.73 Å². The zero-order valence-corrected chi connectivity index (χ0v) is 15.4. The summed E-state index contributed by atoms with van der Waals surface area (Å²) in [5.74, 6) is -0.515. The normalized spacial score (nSPS) is 10.4. The van der Waals surface area contributed by atoms with Gasteiger partial charge in [-0.2, -0.15) is 0 Å². The highest BCUT2D eigenvalue weighted by molar-refractivity contribution is 5.98. The van der Waals surface area contributed by atoms with Gasteiger partial charge in [0.2, 0.25) is 0 Å². The van der Waals surface area contributed by atoms with Crippen molar-refractivity contribution in [3.8, 4) is 0 Å². The highest BCUT2D eigenvalue weighted by atomic mass is 16.1. The smallest absolute Gasteiger partial charge is 0.252 e. The maximum Gasteiger partial charge on any atom is 0.252 e. The van der Waals surface area contributed by atoms with Crippen LogP contribution >= 0.6 is 0 Å². The lowest BCUT2D eigenvalue weighted by Gasteiger charge is -2.14. The second-order valence-electron chi connectivity index (χ2n) is 6.37. The van der Waals surface area contributed by atoms with Gasteiger partial charge in [0, 0.05) is 63.2 Å². The molecule has 0 saturated carbocycles. The molecule has 1 amide bonds. The van der Waals surface area contributed by atoms with Crippen molar-refractivity contribution in [2.45, 2.75) is 13.0 Å². The van der Waals surface area contributed by atoms with Crippen LogP contribution < -0.4 is 16.0 Å². The van der Waals surface area contributed by atoms with Crippen LogP contribution in [0.1, 0.15) is 27.3 Å². The van der Waals surface area contributed by atoms with Crippen LogP contribution in [0.5, 0.6) is 0 Å². The Morgan fingerprint density at radius 2 is 1.85 bits per heavy atom. The number of benzene rings is 1. The lowest BCUT2D eigenvalue weighted by Crippen LogP contribution is -2.15. The Morgan fingerprint density at radius 1 is 1.07 bits per heavy atom. The van der Waals surface area contributed by atoms with Gasteiger partial charge in [-0.05, 0) is 23.8 Å². The predicted octanol–water partition coefficient (Wildman–Crippen LogP) is 2.24. The van der Waals surface area contributed by atoms with E-state index >= 15 is 0 Å². The van der Waals surface area contributed by atoms with Crippen molar-refractivity contribution in [3.63, 3.8) is 0 Å². The number of carbonyl (C=O) groups is 1. The minimum Gasteiger partial charge on any atom is -0.380 e. The van der Waals surface area contributed by atoms with Crippen LogP contribution in [-0.4, -0.2) is 35.0 Å². The summed E-state index contributed by atoms with van der Waals surface area (Å²) in [7, 11) is 4.00. The first kappa shape index (κ1) is 18.3. The molecule has 3 aromatic rings. The van der Waals surface area contributed by atoms with E-state index in [2.05, 4.69) is 32.4 Å². The van der Waals surface area contributed by atoms with Crippen LogP contribution in [0.25, 0.3) is 0 Å². The molecular formula is C20H22N6O. The van der Waals surface area contributed by atoms with E-state index in [1.165, 1.54) is 6.20 Å². The zero-order chi connectivity index (χ0) is 19.2. The van der Waals surface area contributed by atoms with Crippen molar-refractivity contribution in [1.82, 2.24) is 15.0 Å². The Morgan fingerprint density at radius 3 is 2.48 bits per heavy atom. The highest BCUT2D eigenvalue weighted by Crippen LogP contribution is 2.19. The van der Waals surface area contributed by atoms with Gasteiger partial charge in [0.15, 0.2) is 0 Å². The number of rotatable bonds is 7. The van der Waals surface area contributed by atoms with Gasteiger partial charge in [0.1, 0.15) is 0 Å². The number of amides is 1. The van der Waals surface area contributed by atoms with E-state index in [0.717, 1.165) is 22.6 Å². The van der Waals surface area contributed by atoms with Crippen molar-refractivity contribution in [2.75, 3.05) is 24.3 Å². The summed E-state index contributed by atoms with van der Waals surface area (Å²) in [4.78, 5) is 26.4. The largest absolute Gasteiger partial charge is 0.380 e. The van der Waals surface area contributed by atoms with Gasteiger partial charge >= 0.3 is 0 Å². The molecule has 0 radical (unpaired) electrons. The fraction of sp³-hybridized carbons (Fsp3) is 0.200. The van der Waals surface area contributed by atoms with E-state index < -0.39 is 5.91 Å². The molecule has 0 bridgehead atoms. The van der Waals surface area contributed by atoms with Crippen LogP contribution in [0.15, 0.2) is 55.1 Å². The molecule has 0 fully saturated rings. The van der Waals surface area contributed by atoms with Gasteiger partial charge in [0.25, 0.3) is 5.91 Å². The summed E-state index contributed by atoms with van der Waals surface area (Å²) < 4.78 is 0. The third-order valence-corrected chi connectivity index (χ3v) is 4.14. The highest BCUT2D eigenvalue weighted by Gasteiger charge is 2.11. The minimum absolute atomic E-state index is 0.364. The quantitative estimate of drug-likeness (QED) is 0.669. The molecule has 0 aliphatic carbocycles. The summed E-state index contributed by atoms with van der Waals surface area (Å²) in [5.41, 5.74) is 10.3. The molecule has 1 aromatic carbocycles. The topological polar surface area (TPSA) is 97.0 Å². The standard InChI is InChI=1S/C20H22N6O/c1-26(2)17-5-3-14(4-6-17)11-25-19-10-15(24-13-18(19)20(21)27)9-16-12-22-7-8-23-16/h3-8,10,12-13H,9,11H2,1-2H3,(H2,21,27)(H,24,25). The molecule has 27 heavy (non-hydrogen) atoms. The van der Waals surface area contributed by atoms with E-state index in [1.807, 2.05) is 37.2 Å². The number of nitrogens with zero attached hydrogens (tertiary/aromatic N) is 4. The SMILES string of the molecule is CN(C)c1ccc(CNc2cc(Cc3cnccn3)ncc2C(N)=O)cc1. The molecule has 2 aromatic heterocycles. The number of primary amides is 1. The summed E-state index contributed by atoms with van der Waals surface area (Å²) >= 11 is 0. The first-order valence-electron chi connectivity index (χ1n) is 8.56. The Labute approximate surface area is 158 Å². The number of carbonyl (C=O) groups excluding carboxylic acids is 1. The van der Waals surface area contributed by atoms with Crippen LogP contribution in [0.4, 0.5) is 11.4 Å².